The van der Waals surface area contributed by atoms with Gasteiger partial charge in [-0.2, -0.15) is 0 Å². The van der Waals surface area contributed by atoms with E-state index in [1.54, 1.807) is 17.9 Å². The van der Waals surface area contributed by atoms with Crippen molar-refractivity contribution in [2.45, 2.75) is 38.6 Å². The zero-order valence-electron chi connectivity index (χ0n) is 16.7. The first-order valence-electron chi connectivity index (χ1n) is 9.55. The molecule has 2 aromatic carbocycles. The zero-order chi connectivity index (χ0) is 21.2. The summed E-state index contributed by atoms with van der Waals surface area (Å²) in [6, 6.07) is 14.6. The smallest absolute Gasteiger partial charge is 0.242 e. The molecule has 0 aliphatic carbocycles. The molecule has 4 nitrogen and oxygen atoms in total. The van der Waals surface area contributed by atoms with Gasteiger partial charge in [-0.3, -0.25) is 9.59 Å². The Morgan fingerprint density at radius 3 is 2.45 bits per heavy atom. The fourth-order valence-electron chi connectivity index (χ4n) is 2.73. The van der Waals surface area contributed by atoms with E-state index in [1.165, 1.54) is 11.8 Å². The topological polar surface area (TPSA) is 49.4 Å². The van der Waals surface area contributed by atoms with Gasteiger partial charge in [0, 0.05) is 18.8 Å². The molecule has 0 aliphatic rings. The van der Waals surface area contributed by atoms with Crippen LogP contribution < -0.4 is 5.32 Å². The van der Waals surface area contributed by atoms with Gasteiger partial charge in [0.15, 0.2) is 0 Å². The van der Waals surface area contributed by atoms with Crippen molar-refractivity contribution >= 4 is 46.8 Å². The molecule has 0 saturated carbocycles. The van der Waals surface area contributed by atoms with Crippen LogP contribution in [0.1, 0.15) is 31.4 Å². The van der Waals surface area contributed by atoms with E-state index in [2.05, 4.69) is 5.32 Å². The maximum absolute atomic E-state index is 13.0. The van der Waals surface area contributed by atoms with Crippen LogP contribution in [0.15, 0.2) is 48.5 Å². The van der Waals surface area contributed by atoms with E-state index in [1.807, 2.05) is 49.4 Å². The number of carbonyl (C=O) groups is 2. The molecular weight excluding hydrogens is 427 g/mol. The van der Waals surface area contributed by atoms with E-state index in [0.29, 0.717) is 28.9 Å². The quantitative estimate of drug-likeness (QED) is 0.540. The molecule has 156 valence electrons. The summed E-state index contributed by atoms with van der Waals surface area (Å²) in [4.78, 5) is 27.1. The van der Waals surface area contributed by atoms with Gasteiger partial charge in [-0.1, -0.05) is 66.5 Å². The van der Waals surface area contributed by atoms with Crippen LogP contribution in [0.3, 0.4) is 0 Å². The van der Waals surface area contributed by atoms with E-state index in [0.717, 1.165) is 17.5 Å². The molecule has 2 amide bonds. The fourth-order valence-corrected chi connectivity index (χ4v) is 3.91. The van der Waals surface area contributed by atoms with Gasteiger partial charge in [0.25, 0.3) is 0 Å². The Morgan fingerprint density at radius 1 is 1.07 bits per heavy atom. The van der Waals surface area contributed by atoms with Gasteiger partial charge in [-0.05, 0) is 36.6 Å². The molecule has 0 saturated heterocycles. The van der Waals surface area contributed by atoms with Crippen LogP contribution in [-0.2, 0) is 21.9 Å². The summed E-state index contributed by atoms with van der Waals surface area (Å²) in [5.74, 6) is 0.708. The Balaban J connectivity index is 2.02. The second-order valence-corrected chi connectivity index (χ2v) is 8.52. The molecule has 0 aliphatic heterocycles. The van der Waals surface area contributed by atoms with Crippen LogP contribution in [0.25, 0.3) is 0 Å². The summed E-state index contributed by atoms with van der Waals surface area (Å²) in [5, 5.41) is 3.89. The predicted octanol–water partition coefficient (Wildman–Crippen LogP) is 5.17. The lowest BCUT2D eigenvalue weighted by Gasteiger charge is -2.28. The summed E-state index contributed by atoms with van der Waals surface area (Å²) >= 11 is 13.5. The molecular formula is C22H26Cl2N2O2S. The predicted molar refractivity (Wildman–Crippen MR) is 122 cm³/mol. The molecule has 0 heterocycles. The van der Waals surface area contributed by atoms with Crippen LogP contribution in [0.4, 0.5) is 0 Å². The van der Waals surface area contributed by atoms with E-state index in [4.69, 9.17) is 23.2 Å². The number of hydrogen-bond acceptors (Lipinski definition) is 3. The number of nitrogens with zero attached hydrogens (tertiary/aromatic N) is 1. The maximum Gasteiger partial charge on any atom is 0.242 e. The molecule has 0 bridgehead atoms. The van der Waals surface area contributed by atoms with Crippen molar-refractivity contribution in [3.8, 4) is 0 Å². The van der Waals surface area contributed by atoms with Crippen molar-refractivity contribution in [1.82, 2.24) is 10.2 Å². The highest BCUT2D eigenvalue weighted by atomic mass is 35.5. The lowest BCUT2D eigenvalue weighted by Crippen LogP contribution is -2.48. The second kappa shape index (κ2) is 12.1. The molecule has 0 aromatic heterocycles. The van der Waals surface area contributed by atoms with Gasteiger partial charge >= 0.3 is 0 Å². The fraction of sp³-hybridized carbons (Fsp3) is 0.364. The Bertz CT molecular complexity index is 818. The Morgan fingerprint density at radius 2 is 1.79 bits per heavy atom. The molecule has 1 N–H and O–H groups in total. The minimum atomic E-state index is -0.542. The van der Waals surface area contributed by atoms with Gasteiger partial charge in [-0.25, -0.2) is 0 Å². The second-order valence-electron chi connectivity index (χ2n) is 6.72. The van der Waals surface area contributed by atoms with Gasteiger partial charge in [-0.15, -0.1) is 11.8 Å². The Labute approximate surface area is 187 Å². The van der Waals surface area contributed by atoms with Crippen molar-refractivity contribution in [2.24, 2.45) is 0 Å². The molecule has 0 radical (unpaired) electrons. The largest absolute Gasteiger partial charge is 0.354 e. The van der Waals surface area contributed by atoms with Crippen molar-refractivity contribution in [1.29, 1.82) is 0 Å². The number of rotatable bonds is 10. The van der Waals surface area contributed by atoms with E-state index in [-0.39, 0.29) is 17.6 Å². The molecule has 2 rings (SSSR count). The maximum atomic E-state index is 13.0. The summed E-state index contributed by atoms with van der Waals surface area (Å²) in [6.07, 6.45) is 0.852. The number of hydrogen-bond donors (Lipinski definition) is 1. The van der Waals surface area contributed by atoms with Crippen LogP contribution in [-0.4, -0.2) is 35.1 Å². The third-order valence-corrected chi connectivity index (χ3v) is 6.12. The molecule has 1 atom stereocenters. The van der Waals surface area contributed by atoms with E-state index < -0.39 is 6.04 Å². The van der Waals surface area contributed by atoms with Crippen LogP contribution in [0.2, 0.25) is 10.0 Å². The van der Waals surface area contributed by atoms with Crippen LogP contribution >= 0.6 is 35.0 Å². The van der Waals surface area contributed by atoms with Crippen molar-refractivity contribution < 1.29 is 9.59 Å². The first-order chi connectivity index (χ1) is 13.9. The van der Waals surface area contributed by atoms with Crippen molar-refractivity contribution in [3.63, 3.8) is 0 Å². The third kappa shape index (κ3) is 7.57. The van der Waals surface area contributed by atoms with Gasteiger partial charge in [0.05, 0.1) is 15.8 Å². The monoisotopic (exact) mass is 452 g/mol. The minimum Gasteiger partial charge on any atom is -0.354 e. The average molecular weight is 453 g/mol. The van der Waals surface area contributed by atoms with Crippen LogP contribution in [0.5, 0.6) is 0 Å². The molecule has 0 unspecified atom stereocenters. The van der Waals surface area contributed by atoms with Crippen molar-refractivity contribution in [3.05, 3.63) is 69.7 Å². The lowest BCUT2D eigenvalue weighted by molar-refractivity contribution is -0.138. The van der Waals surface area contributed by atoms with Gasteiger partial charge in [0.2, 0.25) is 11.8 Å². The van der Waals surface area contributed by atoms with Crippen LogP contribution in [0, 0.1) is 0 Å². The normalized spacial score (nSPS) is 11.7. The summed E-state index contributed by atoms with van der Waals surface area (Å²) in [7, 11) is 0. The first kappa shape index (κ1) is 23.6. The first-order valence-corrected chi connectivity index (χ1v) is 11.5. The van der Waals surface area contributed by atoms with Gasteiger partial charge in [0.1, 0.15) is 6.04 Å². The number of thioether (sulfide) groups is 1. The van der Waals surface area contributed by atoms with E-state index in [9.17, 15) is 9.59 Å². The Hall–Kier alpha value is -1.69. The Kier molecular flexibility index (Phi) is 9.85. The average Bonchev–Trinajstić information content (AvgIpc) is 2.73. The summed E-state index contributed by atoms with van der Waals surface area (Å²) in [5.41, 5.74) is 1.99. The highest BCUT2D eigenvalue weighted by Gasteiger charge is 2.25. The minimum absolute atomic E-state index is 0.0712. The molecule has 0 spiro atoms. The highest BCUT2D eigenvalue weighted by molar-refractivity contribution is 7.99. The molecule has 29 heavy (non-hydrogen) atoms. The third-order valence-electron chi connectivity index (χ3n) is 4.39. The number of carbonyl (C=O) groups excluding carboxylic acids is 2. The number of benzene rings is 2. The van der Waals surface area contributed by atoms with Crippen molar-refractivity contribution in [2.75, 3.05) is 12.3 Å². The number of nitrogens with one attached hydrogen (secondary N) is 1. The summed E-state index contributed by atoms with van der Waals surface area (Å²) in [6.45, 7) is 4.77. The summed E-state index contributed by atoms with van der Waals surface area (Å²) < 4.78 is 0. The standard InChI is InChI=1S/C22H26Cl2N2O2S/c1-3-11-25-22(28)16(2)26(13-17-7-5-4-6-8-17)21(27)15-29-14-18-9-10-19(23)20(24)12-18/h4-10,12,16H,3,11,13-15H2,1-2H3,(H,25,28)/t16-/m1/s1. The molecule has 0 fully saturated rings. The number of halogens is 2. The zero-order valence-corrected chi connectivity index (χ0v) is 19.0. The molecule has 7 heteroatoms. The van der Waals surface area contributed by atoms with Gasteiger partial charge < -0.3 is 10.2 Å². The molecule has 2 aromatic rings. The lowest BCUT2D eigenvalue weighted by atomic mass is 10.1. The van der Waals surface area contributed by atoms with E-state index >= 15 is 0 Å². The highest BCUT2D eigenvalue weighted by Crippen LogP contribution is 2.25. The SMILES string of the molecule is CCCNC(=O)[C@@H](C)N(Cc1ccccc1)C(=O)CSCc1ccc(Cl)c(Cl)c1. The number of amides is 2.